The summed E-state index contributed by atoms with van der Waals surface area (Å²) in [7, 11) is -3.68. The van der Waals surface area contributed by atoms with Crippen LogP contribution in [0.15, 0.2) is 29.2 Å². The number of carbonyl (C=O) groups is 1. The van der Waals surface area contributed by atoms with E-state index in [1.54, 1.807) is 12.1 Å². The molecule has 5 nitrogen and oxygen atoms in total. The van der Waals surface area contributed by atoms with Crippen LogP contribution in [0.1, 0.15) is 45.7 Å². The number of rotatable bonds is 4. The van der Waals surface area contributed by atoms with Crippen LogP contribution in [-0.4, -0.2) is 14.3 Å². The van der Waals surface area contributed by atoms with Gasteiger partial charge in [0.15, 0.2) is 0 Å². The summed E-state index contributed by atoms with van der Waals surface area (Å²) in [5.41, 5.74) is 0.765. The molecule has 1 amide bonds. The highest BCUT2D eigenvalue weighted by atomic mass is 32.2. The van der Waals surface area contributed by atoms with E-state index in [9.17, 15) is 13.2 Å². The van der Waals surface area contributed by atoms with Crippen LogP contribution in [0, 0.1) is 5.41 Å². The number of carbonyl (C=O) groups excluding carboxylic acids is 1. The Hall–Kier alpha value is -1.40. The van der Waals surface area contributed by atoms with Crippen molar-refractivity contribution < 1.29 is 13.2 Å². The number of sulfonamides is 1. The van der Waals surface area contributed by atoms with Gasteiger partial charge in [0.05, 0.1) is 10.9 Å². The Kier molecular flexibility index (Phi) is 4.94. The van der Waals surface area contributed by atoms with Crippen molar-refractivity contribution in [3.05, 3.63) is 29.8 Å². The summed E-state index contributed by atoms with van der Waals surface area (Å²) in [5.74, 6) is -0.0273. The Morgan fingerprint density at radius 2 is 1.75 bits per heavy atom. The van der Waals surface area contributed by atoms with E-state index >= 15 is 0 Å². The van der Waals surface area contributed by atoms with Gasteiger partial charge in [-0.25, -0.2) is 13.6 Å². The molecule has 1 rings (SSSR count). The first kappa shape index (κ1) is 16.7. The highest BCUT2D eigenvalue weighted by molar-refractivity contribution is 7.89. The van der Waals surface area contributed by atoms with Gasteiger partial charge in [-0.2, -0.15) is 0 Å². The topological polar surface area (TPSA) is 89.3 Å². The third-order valence-electron chi connectivity index (χ3n) is 2.78. The maximum atomic E-state index is 11.8. The molecule has 0 aliphatic carbocycles. The van der Waals surface area contributed by atoms with Gasteiger partial charge >= 0.3 is 0 Å². The monoisotopic (exact) mass is 298 g/mol. The first-order valence-electron chi connectivity index (χ1n) is 6.41. The molecule has 0 aliphatic heterocycles. The van der Waals surface area contributed by atoms with Gasteiger partial charge in [0, 0.05) is 6.42 Å². The fraction of sp³-hybridized carbons (Fsp3) is 0.500. The summed E-state index contributed by atoms with van der Waals surface area (Å²) in [6, 6.07) is 6.01. The van der Waals surface area contributed by atoms with Crippen molar-refractivity contribution in [2.24, 2.45) is 10.6 Å². The summed E-state index contributed by atoms with van der Waals surface area (Å²) in [5, 5.41) is 7.93. The Labute approximate surface area is 120 Å². The first-order valence-corrected chi connectivity index (χ1v) is 7.96. The van der Waals surface area contributed by atoms with Crippen LogP contribution in [0.25, 0.3) is 0 Å². The zero-order valence-electron chi connectivity index (χ0n) is 12.3. The van der Waals surface area contributed by atoms with Crippen LogP contribution in [0.3, 0.4) is 0 Å². The van der Waals surface area contributed by atoms with Crippen molar-refractivity contribution in [1.29, 1.82) is 0 Å². The molecule has 1 aromatic rings. The van der Waals surface area contributed by atoms with Crippen molar-refractivity contribution in [2.45, 2.75) is 45.1 Å². The molecular weight excluding hydrogens is 276 g/mol. The van der Waals surface area contributed by atoms with Gasteiger partial charge in [-0.05, 0) is 30.0 Å². The lowest BCUT2D eigenvalue weighted by Crippen LogP contribution is -2.29. The number of benzene rings is 1. The zero-order valence-corrected chi connectivity index (χ0v) is 13.1. The van der Waals surface area contributed by atoms with Gasteiger partial charge in [-0.15, -0.1) is 0 Å². The molecular formula is C14H22N2O3S. The maximum absolute atomic E-state index is 11.8. The highest BCUT2D eigenvalue weighted by Gasteiger charge is 2.18. The van der Waals surface area contributed by atoms with Crippen LogP contribution in [0.2, 0.25) is 0 Å². The number of nitrogens with one attached hydrogen (secondary N) is 1. The quantitative estimate of drug-likeness (QED) is 0.890. The van der Waals surface area contributed by atoms with E-state index in [-0.39, 0.29) is 22.3 Å². The minimum Gasteiger partial charge on any atom is -0.350 e. The lowest BCUT2D eigenvalue weighted by Gasteiger charge is -2.20. The summed E-state index contributed by atoms with van der Waals surface area (Å²) >= 11 is 0. The molecule has 112 valence electrons. The molecule has 1 aromatic carbocycles. The Bertz CT molecular complexity index is 571. The van der Waals surface area contributed by atoms with Crippen molar-refractivity contribution in [2.75, 3.05) is 0 Å². The third-order valence-corrected chi connectivity index (χ3v) is 3.71. The molecule has 0 spiro atoms. The van der Waals surface area contributed by atoms with Crippen LogP contribution in [0.4, 0.5) is 0 Å². The molecule has 0 saturated heterocycles. The normalized spacial score (nSPS) is 13.8. The highest BCUT2D eigenvalue weighted by Crippen LogP contribution is 2.20. The minimum absolute atomic E-state index is 0.0273. The Morgan fingerprint density at radius 3 is 2.15 bits per heavy atom. The number of nitrogens with two attached hydrogens (primary N) is 1. The summed E-state index contributed by atoms with van der Waals surface area (Å²) in [6.07, 6.45) is 0.437. The van der Waals surface area contributed by atoms with Crippen LogP contribution < -0.4 is 10.5 Å². The van der Waals surface area contributed by atoms with Gasteiger partial charge in [-0.1, -0.05) is 32.9 Å². The summed E-state index contributed by atoms with van der Waals surface area (Å²) in [4.78, 5) is 11.9. The molecule has 20 heavy (non-hydrogen) atoms. The molecule has 0 heterocycles. The predicted octanol–water partition coefficient (Wildman–Crippen LogP) is 1.95. The van der Waals surface area contributed by atoms with Gasteiger partial charge in [0.25, 0.3) is 0 Å². The molecule has 3 N–H and O–H groups in total. The molecule has 1 atom stereocenters. The number of hydrogen-bond acceptors (Lipinski definition) is 3. The van der Waals surface area contributed by atoms with Crippen LogP contribution >= 0.6 is 0 Å². The molecule has 0 saturated carbocycles. The number of amides is 1. The Balaban J connectivity index is 2.74. The van der Waals surface area contributed by atoms with E-state index < -0.39 is 10.0 Å². The molecule has 6 heteroatoms. The lowest BCUT2D eigenvalue weighted by atomic mass is 9.91. The Morgan fingerprint density at radius 1 is 1.25 bits per heavy atom. The molecule has 0 fully saturated rings. The van der Waals surface area contributed by atoms with Gasteiger partial charge < -0.3 is 5.32 Å². The van der Waals surface area contributed by atoms with Crippen molar-refractivity contribution in [1.82, 2.24) is 5.32 Å². The SMILES string of the molecule is C[C@@H](NC(=O)CC(C)(C)C)c1ccc(S(N)(=O)=O)cc1. The van der Waals surface area contributed by atoms with Crippen molar-refractivity contribution in [3.63, 3.8) is 0 Å². The zero-order chi connectivity index (χ0) is 15.6. The molecule has 0 unspecified atom stereocenters. The average molecular weight is 298 g/mol. The largest absolute Gasteiger partial charge is 0.350 e. The van der Waals surface area contributed by atoms with E-state index in [1.165, 1.54) is 12.1 Å². The van der Waals surface area contributed by atoms with Gasteiger partial charge in [0.1, 0.15) is 0 Å². The predicted molar refractivity (Wildman–Crippen MR) is 78.4 cm³/mol. The summed E-state index contributed by atoms with van der Waals surface area (Å²) < 4.78 is 22.3. The van der Waals surface area contributed by atoms with Crippen molar-refractivity contribution >= 4 is 15.9 Å². The molecule has 0 aromatic heterocycles. The van der Waals surface area contributed by atoms with Crippen LogP contribution in [0.5, 0.6) is 0 Å². The molecule has 0 aliphatic rings. The third kappa shape index (κ3) is 5.30. The first-order chi connectivity index (χ1) is 8.99. The van der Waals surface area contributed by atoms with E-state index in [1.807, 2.05) is 27.7 Å². The number of primary sulfonamides is 1. The second kappa shape index (κ2) is 5.93. The lowest BCUT2D eigenvalue weighted by molar-refractivity contribution is -0.123. The van der Waals surface area contributed by atoms with E-state index in [0.717, 1.165) is 5.56 Å². The molecule has 0 radical (unpaired) electrons. The second-order valence-electron chi connectivity index (χ2n) is 6.14. The fourth-order valence-corrected chi connectivity index (χ4v) is 2.32. The van der Waals surface area contributed by atoms with Gasteiger partial charge in [0.2, 0.25) is 15.9 Å². The number of hydrogen-bond donors (Lipinski definition) is 2. The van der Waals surface area contributed by atoms with E-state index in [0.29, 0.717) is 6.42 Å². The second-order valence-corrected chi connectivity index (χ2v) is 7.70. The standard InChI is InChI=1S/C14H22N2O3S/c1-10(16-13(17)9-14(2,3)4)11-5-7-12(8-6-11)20(15,18)19/h5-8,10H,9H2,1-4H3,(H,16,17)(H2,15,18,19)/t10-/m1/s1. The summed E-state index contributed by atoms with van der Waals surface area (Å²) in [6.45, 7) is 7.85. The minimum atomic E-state index is -3.68. The van der Waals surface area contributed by atoms with E-state index in [4.69, 9.17) is 5.14 Å². The van der Waals surface area contributed by atoms with E-state index in [2.05, 4.69) is 5.32 Å². The fourth-order valence-electron chi connectivity index (χ4n) is 1.80. The average Bonchev–Trinajstić information content (AvgIpc) is 2.25. The molecule has 0 bridgehead atoms. The smallest absolute Gasteiger partial charge is 0.238 e. The van der Waals surface area contributed by atoms with Crippen molar-refractivity contribution in [3.8, 4) is 0 Å². The van der Waals surface area contributed by atoms with Gasteiger partial charge in [-0.3, -0.25) is 4.79 Å². The van der Waals surface area contributed by atoms with Crippen LogP contribution in [-0.2, 0) is 14.8 Å². The maximum Gasteiger partial charge on any atom is 0.238 e.